The fourth-order valence-electron chi connectivity index (χ4n) is 4.23. The van der Waals surface area contributed by atoms with Gasteiger partial charge >= 0.3 is 0 Å². The molecule has 0 amide bonds. The molecule has 10 heteroatoms. The van der Waals surface area contributed by atoms with Gasteiger partial charge in [0.05, 0.1) is 5.69 Å². The molecule has 3 heterocycles. The van der Waals surface area contributed by atoms with E-state index < -0.39 is 10.0 Å². The average molecular weight is 427 g/mol. The Morgan fingerprint density at radius 2 is 2.07 bits per heavy atom. The number of nitrogens with zero attached hydrogens (tertiary/aromatic N) is 5. The molecular weight excluding hydrogens is 392 g/mol. The standard InChI is InChI=1S/C19H34N6O3S/c1-16-6-4-5-8-25(16)17(2)14-21-19(20-3)23-9-11-24(12-10-23)29(26,27)15-18-7-13-28-22-18/h7,13,16-17H,4-6,8-12,14-15H2,1-3H3,(H,20,21). The minimum atomic E-state index is -3.39. The minimum Gasteiger partial charge on any atom is -0.364 e. The van der Waals surface area contributed by atoms with Crippen LogP contribution >= 0.6 is 0 Å². The van der Waals surface area contributed by atoms with Crippen LogP contribution in [0.4, 0.5) is 0 Å². The smallest absolute Gasteiger partial charge is 0.220 e. The molecule has 0 bridgehead atoms. The summed E-state index contributed by atoms with van der Waals surface area (Å²) in [5.41, 5.74) is 0.436. The molecule has 3 rings (SSSR count). The highest BCUT2D eigenvalue weighted by Crippen LogP contribution is 2.19. The lowest BCUT2D eigenvalue weighted by molar-refractivity contribution is 0.115. The molecule has 2 saturated heterocycles. The molecule has 2 aliphatic rings. The van der Waals surface area contributed by atoms with Crippen molar-refractivity contribution in [2.45, 2.75) is 50.9 Å². The molecule has 1 aromatic heterocycles. The van der Waals surface area contributed by atoms with E-state index in [2.05, 4.69) is 39.1 Å². The molecule has 2 atom stereocenters. The summed E-state index contributed by atoms with van der Waals surface area (Å²) >= 11 is 0. The van der Waals surface area contributed by atoms with E-state index in [-0.39, 0.29) is 5.75 Å². The van der Waals surface area contributed by atoms with E-state index in [1.54, 1.807) is 13.1 Å². The number of piperazine rings is 1. The van der Waals surface area contributed by atoms with Crippen LogP contribution in [0.3, 0.4) is 0 Å². The number of hydrogen-bond donors (Lipinski definition) is 1. The minimum absolute atomic E-state index is 0.123. The van der Waals surface area contributed by atoms with Gasteiger partial charge < -0.3 is 14.7 Å². The number of likely N-dealkylation sites (tertiary alicyclic amines) is 1. The quantitative estimate of drug-likeness (QED) is 0.535. The maximum absolute atomic E-state index is 12.6. The second kappa shape index (κ2) is 9.90. The topological polar surface area (TPSA) is 94.3 Å². The van der Waals surface area contributed by atoms with E-state index in [4.69, 9.17) is 4.52 Å². The van der Waals surface area contributed by atoms with Gasteiger partial charge in [-0.15, -0.1) is 0 Å². The summed E-state index contributed by atoms with van der Waals surface area (Å²) in [6.07, 6.45) is 5.26. The Morgan fingerprint density at radius 1 is 1.31 bits per heavy atom. The first kappa shape index (κ1) is 22.0. The summed E-state index contributed by atoms with van der Waals surface area (Å²) in [4.78, 5) is 9.12. The van der Waals surface area contributed by atoms with E-state index >= 15 is 0 Å². The van der Waals surface area contributed by atoms with Crippen LogP contribution in [-0.4, -0.2) is 92.0 Å². The molecular formula is C19H34N6O3S. The molecule has 2 fully saturated rings. The Labute approximate surface area is 174 Å². The highest BCUT2D eigenvalue weighted by atomic mass is 32.2. The number of rotatable bonds is 6. The fourth-order valence-corrected chi connectivity index (χ4v) is 5.66. The zero-order valence-corrected chi connectivity index (χ0v) is 18.6. The van der Waals surface area contributed by atoms with E-state index in [1.807, 2.05) is 0 Å². The summed E-state index contributed by atoms with van der Waals surface area (Å²) in [7, 11) is -1.61. The van der Waals surface area contributed by atoms with Crippen LogP contribution in [0.15, 0.2) is 21.8 Å². The van der Waals surface area contributed by atoms with E-state index in [9.17, 15) is 8.42 Å². The van der Waals surface area contributed by atoms with Crippen molar-refractivity contribution in [3.8, 4) is 0 Å². The van der Waals surface area contributed by atoms with Crippen molar-refractivity contribution in [3.63, 3.8) is 0 Å². The second-order valence-corrected chi connectivity index (χ2v) is 9.96. The van der Waals surface area contributed by atoms with E-state index in [1.165, 1.54) is 29.8 Å². The highest BCUT2D eigenvalue weighted by molar-refractivity contribution is 7.88. The van der Waals surface area contributed by atoms with Gasteiger partial charge in [-0.05, 0) is 33.2 Å². The van der Waals surface area contributed by atoms with Crippen molar-refractivity contribution in [3.05, 3.63) is 18.0 Å². The molecule has 1 N–H and O–H groups in total. The van der Waals surface area contributed by atoms with Crippen LogP contribution in [-0.2, 0) is 15.8 Å². The lowest BCUT2D eigenvalue weighted by Gasteiger charge is -2.39. The van der Waals surface area contributed by atoms with Gasteiger partial charge in [0.1, 0.15) is 12.0 Å². The monoisotopic (exact) mass is 426 g/mol. The van der Waals surface area contributed by atoms with Crippen LogP contribution in [0.1, 0.15) is 38.8 Å². The van der Waals surface area contributed by atoms with Gasteiger partial charge in [0, 0.05) is 57.9 Å². The highest BCUT2D eigenvalue weighted by Gasteiger charge is 2.29. The Bertz CT molecular complexity index is 759. The first-order valence-electron chi connectivity index (χ1n) is 10.5. The van der Waals surface area contributed by atoms with Crippen molar-refractivity contribution < 1.29 is 12.9 Å². The van der Waals surface area contributed by atoms with E-state index in [0.717, 1.165) is 19.0 Å². The number of guanidine groups is 1. The molecule has 9 nitrogen and oxygen atoms in total. The van der Waals surface area contributed by atoms with Gasteiger partial charge in [-0.3, -0.25) is 9.89 Å². The summed E-state index contributed by atoms with van der Waals surface area (Å²) in [5, 5.41) is 7.20. The summed E-state index contributed by atoms with van der Waals surface area (Å²) in [6.45, 7) is 8.68. The number of nitrogens with one attached hydrogen (secondary N) is 1. The normalized spacial score (nSPS) is 23.9. The zero-order chi connectivity index (χ0) is 20.9. The third kappa shape index (κ3) is 5.70. The molecule has 2 unspecified atom stereocenters. The third-order valence-electron chi connectivity index (χ3n) is 5.94. The Hall–Kier alpha value is -1.65. The van der Waals surface area contributed by atoms with Crippen molar-refractivity contribution in [1.29, 1.82) is 0 Å². The molecule has 29 heavy (non-hydrogen) atoms. The molecule has 2 aliphatic heterocycles. The van der Waals surface area contributed by atoms with Gasteiger partial charge in [-0.25, -0.2) is 8.42 Å². The predicted molar refractivity (Wildman–Crippen MR) is 113 cm³/mol. The van der Waals surface area contributed by atoms with Crippen LogP contribution in [0.5, 0.6) is 0 Å². The van der Waals surface area contributed by atoms with Crippen LogP contribution in [0.2, 0.25) is 0 Å². The molecule has 1 aromatic rings. The molecule has 0 aromatic carbocycles. The third-order valence-corrected chi connectivity index (χ3v) is 7.75. The number of piperidine rings is 1. The lowest BCUT2D eigenvalue weighted by Crippen LogP contribution is -2.55. The second-order valence-electron chi connectivity index (χ2n) is 7.99. The van der Waals surface area contributed by atoms with Crippen LogP contribution < -0.4 is 5.32 Å². The predicted octanol–water partition coefficient (Wildman–Crippen LogP) is 0.960. The summed E-state index contributed by atoms with van der Waals surface area (Å²) in [6, 6.07) is 2.65. The molecule has 164 valence electrons. The van der Waals surface area contributed by atoms with Gasteiger partial charge in [-0.1, -0.05) is 11.6 Å². The van der Waals surface area contributed by atoms with Gasteiger partial charge in [-0.2, -0.15) is 4.31 Å². The maximum atomic E-state index is 12.6. The Morgan fingerprint density at radius 3 is 2.69 bits per heavy atom. The molecule has 0 radical (unpaired) electrons. The number of sulfonamides is 1. The van der Waals surface area contributed by atoms with Crippen molar-refractivity contribution in [2.75, 3.05) is 46.3 Å². The van der Waals surface area contributed by atoms with Crippen LogP contribution in [0, 0.1) is 0 Å². The number of aliphatic imine (C=N–C) groups is 1. The number of hydrogen-bond acceptors (Lipinski definition) is 6. The van der Waals surface area contributed by atoms with Crippen molar-refractivity contribution in [1.82, 2.24) is 24.6 Å². The molecule has 0 aliphatic carbocycles. The van der Waals surface area contributed by atoms with Crippen molar-refractivity contribution in [2.24, 2.45) is 4.99 Å². The SMILES string of the molecule is CN=C(NCC(C)N1CCCCC1C)N1CCN(S(=O)(=O)Cc2ccon2)CC1. The first-order valence-corrected chi connectivity index (χ1v) is 12.1. The van der Waals surface area contributed by atoms with Crippen LogP contribution in [0.25, 0.3) is 0 Å². The van der Waals surface area contributed by atoms with Gasteiger partial charge in [0.2, 0.25) is 10.0 Å². The first-order chi connectivity index (χ1) is 13.9. The Balaban J connectivity index is 1.48. The largest absolute Gasteiger partial charge is 0.364 e. The van der Waals surface area contributed by atoms with Crippen molar-refractivity contribution >= 4 is 16.0 Å². The average Bonchev–Trinajstić information content (AvgIpc) is 3.21. The zero-order valence-electron chi connectivity index (χ0n) is 17.7. The molecule has 0 spiro atoms. The lowest BCUT2D eigenvalue weighted by atomic mass is 10.0. The maximum Gasteiger partial charge on any atom is 0.220 e. The number of aromatic nitrogens is 1. The van der Waals surface area contributed by atoms with Gasteiger partial charge in [0.25, 0.3) is 0 Å². The summed E-state index contributed by atoms with van der Waals surface area (Å²) in [5.74, 6) is 0.720. The fraction of sp³-hybridized carbons (Fsp3) is 0.789. The van der Waals surface area contributed by atoms with E-state index in [0.29, 0.717) is 44.0 Å². The Kier molecular flexibility index (Phi) is 7.53. The summed E-state index contributed by atoms with van der Waals surface area (Å²) < 4.78 is 31.5. The molecule has 0 saturated carbocycles. The van der Waals surface area contributed by atoms with Gasteiger partial charge in [0.15, 0.2) is 5.96 Å².